The number of nitrogens with one attached hydrogen (secondary N) is 1. The molecule has 0 fully saturated rings. The lowest BCUT2D eigenvalue weighted by Gasteiger charge is -2.06. The summed E-state index contributed by atoms with van der Waals surface area (Å²) in [6.45, 7) is 0. The van der Waals surface area contributed by atoms with E-state index in [1.54, 1.807) is 0 Å². The summed E-state index contributed by atoms with van der Waals surface area (Å²) in [5.74, 6) is -0.189. The van der Waals surface area contributed by atoms with Crippen LogP contribution >= 0.6 is 0 Å². The van der Waals surface area contributed by atoms with E-state index in [0.717, 1.165) is 6.26 Å². The molecule has 0 radical (unpaired) electrons. The van der Waals surface area contributed by atoms with Crippen LogP contribution in [0.5, 0.6) is 5.75 Å². The van der Waals surface area contributed by atoms with Crippen molar-refractivity contribution < 1.29 is 13.5 Å². The fraction of sp³-hybridized carbons (Fsp3) is 0.143. The van der Waals surface area contributed by atoms with Crippen LogP contribution in [0.25, 0.3) is 0 Å². The van der Waals surface area contributed by atoms with Gasteiger partial charge in [0.1, 0.15) is 5.75 Å². The molecule has 0 amide bonds. The molecule has 5 nitrogen and oxygen atoms in total. The van der Waals surface area contributed by atoms with Gasteiger partial charge in [-0.25, -0.2) is 8.42 Å². The fourth-order valence-corrected chi connectivity index (χ4v) is 1.41. The van der Waals surface area contributed by atoms with E-state index in [1.807, 2.05) is 0 Å². The zero-order chi connectivity index (χ0) is 10.1. The molecule has 0 atom stereocenters. The summed E-state index contributed by atoms with van der Waals surface area (Å²) >= 11 is 0. The van der Waals surface area contributed by atoms with Gasteiger partial charge in [0.15, 0.2) is 0 Å². The third kappa shape index (κ3) is 2.83. The Morgan fingerprint density at radius 1 is 1.46 bits per heavy atom. The van der Waals surface area contributed by atoms with Gasteiger partial charge in [-0.15, -0.1) is 0 Å². The second-order valence-electron chi connectivity index (χ2n) is 2.65. The van der Waals surface area contributed by atoms with Crippen LogP contribution in [0.4, 0.5) is 11.4 Å². The number of nitrogens with two attached hydrogens (primary N) is 1. The predicted molar refractivity (Wildman–Crippen MR) is 51.0 cm³/mol. The van der Waals surface area contributed by atoms with Gasteiger partial charge in [-0.3, -0.25) is 4.72 Å². The van der Waals surface area contributed by atoms with Crippen molar-refractivity contribution in [3.05, 3.63) is 18.2 Å². The van der Waals surface area contributed by atoms with Crippen LogP contribution < -0.4 is 10.5 Å². The minimum Gasteiger partial charge on any atom is -0.506 e. The standard InChI is InChI=1S/C7H10N2O3S/c1-13(11,12)9-6-3-2-5(8)4-7(6)10/h2-4,9-10H,8H2,1H3. The van der Waals surface area contributed by atoms with E-state index < -0.39 is 10.0 Å². The molecule has 72 valence electrons. The predicted octanol–water partition coefficient (Wildman–Crippen LogP) is 0.346. The number of phenolic OH excluding ortho intramolecular Hbond substituents is 1. The van der Waals surface area contributed by atoms with Crippen molar-refractivity contribution >= 4 is 21.4 Å². The molecule has 1 aromatic carbocycles. The minimum atomic E-state index is -3.36. The maximum Gasteiger partial charge on any atom is 0.229 e. The van der Waals surface area contributed by atoms with Crippen LogP contribution in [0.2, 0.25) is 0 Å². The topological polar surface area (TPSA) is 92.4 Å². The number of phenols is 1. The number of hydrogen-bond donors (Lipinski definition) is 3. The highest BCUT2D eigenvalue weighted by Gasteiger charge is 2.06. The largest absolute Gasteiger partial charge is 0.506 e. The first-order chi connectivity index (χ1) is 5.88. The Bertz CT molecular complexity index is 414. The van der Waals surface area contributed by atoms with Crippen molar-refractivity contribution in [3.8, 4) is 5.75 Å². The summed E-state index contributed by atoms with van der Waals surface area (Å²) in [5.41, 5.74) is 5.85. The number of rotatable bonds is 2. The third-order valence-electron chi connectivity index (χ3n) is 1.32. The van der Waals surface area contributed by atoms with Gasteiger partial charge in [-0.1, -0.05) is 0 Å². The molecule has 0 aromatic heterocycles. The van der Waals surface area contributed by atoms with Crippen molar-refractivity contribution in [1.82, 2.24) is 0 Å². The molecular formula is C7H10N2O3S. The molecule has 13 heavy (non-hydrogen) atoms. The molecule has 0 aliphatic carbocycles. The number of nitrogen functional groups attached to an aromatic ring is 1. The monoisotopic (exact) mass is 202 g/mol. The molecule has 6 heteroatoms. The quantitative estimate of drug-likeness (QED) is 0.476. The molecule has 1 aromatic rings. The summed E-state index contributed by atoms with van der Waals surface area (Å²) in [7, 11) is -3.36. The number of aromatic hydroxyl groups is 1. The Morgan fingerprint density at radius 3 is 2.54 bits per heavy atom. The molecule has 4 N–H and O–H groups in total. The van der Waals surface area contributed by atoms with E-state index in [0.29, 0.717) is 5.69 Å². The van der Waals surface area contributed by atoms with Gasteiger partial charge in [-0.2, -0.15) is 0 Å². The first-order valence-corrected chi connectivity index (χ1v) is 5.34. The highest BCUT2D eigenvalue weighted by atomic mass is 32.2. The highest BCUT2D eigenvalue weighted by Crippen LogP contribution is 2.25. The van der Waals surface area contributed by atoms with Crippen molar-refractivity contribution in [2.24, 2.45) is 0 Å². The summed E-state index contributed by atoms with van der Waals surface area (Å²) in [6, 6.07) is 4.16. The maximum absolute atomic E-state index is 10.8. The first-order valence-electron chi connectivity index (χ1n) is 3.45. The number of anilines is 2. The van der Waals surface area contributed by atoms with Gasteiger partial charge in [0.05, 0.1) is 11.9 Å². The molecular weight excluding hydrogens is 192 g/mol. The van der Waals surface area contributed by atoms with Crippen molar-refractivity contribution in [1.29, 1.82) is 0 Å². The van der Waals surface area contributed by atoms with E-state index >= 15 is 0 Å². The van der Waals surface area contributed by atoms with Crippen molar-refractivity contribution in [2.45, 2.75) is 0 Å². The fourth-order valence-electron chi connectivity index (χ4n) is 0.835. The van der Waals surface area contributed by atoms with E-state index in [9.17, 15) is 13.5 Å². The Kier molecular flexibility index (Phi) is 2.33. The molecule has 0 heterocycles. The third-order valence-corrected chi connectivity index (χ3v) is 1.91. The minimum absolute atomic E-state index is 0.122. The molecule has 0 unspecified atom stereocenters. The molecule has 0 saturated heterocycles. The van der Waals surface area contributed by atoms with Crippen LogP contribution in [-0.4, -0.2) is 19.8 Å². The molecule has 0 spiro atoms. The van der Waals surface area contributed by atoms with Gasteiger partial charge in [0.25, 0.3) is 0 Å². The molecule has 0 aliphatic heterocycles. The van der Waals surface area contributed by atoms with E-state index in [-0.39, 0.29) is 11.4 Å². The van der Waals surface area contributed by atoms with Crippen LogP contribution in [0.3, 0.4) is 0 Å². The lowest BCUT2D eigenvalue weighted by atomic mass is 10.3. The number of hydrogen-bond acceptors (Lipinski definition) is 4. The summed E-state index contributed by atoms with van der Waals surface area (Å²) in [4.78, 5) is 0. The maximum atomic E-state index is 10.8. The van der Waals surface area contributed by atoms with E-state index in [4.69, 9.17) is 5.73 Å². The van der Waals surface area contributed by atoms with Crippen LogP contribution in [-0.2, 0) is 10.0 Å². The Morgan fingerprint density at radius 2 is 2.08 bits per heavy atom. The zero-order valence-electron chi connectivity index (χ0n) is 6.98. The summed E-state index contributed by atoms with van der Waals surface area (Å²) < 4.78 is 23.7. The average molecular weight is 202 g/mol. The molecule has 0 aliphatic rings. The van der Waals surface area contributed by atoms with E-state index in [1.165, 1.54) is 18.2 Å². The average Bonchev–Trinajstić information content (AvgIpc) is 1.93. The summed E-state index contributed by atoms with van der Waals surface area (Å²) in [5, 5.41) is 9.25. The normalized spacial score (nSPS) is 11.2. The van der Waals surface area contributed by atoms with Crippen LogP contribution in [0, 0.1) is 0 Å². The molecule has 0 saturated carbocycles. The SMILES string of the molecule is CS(=O)(=O)Nc1ccc(N)cc1O. The lowest BCUT2D eigenvalue weighted by molar-refractivity contribution is 0.478. The highest BCUT2D eigenvalue weighted by molar-refractivity contribution is 7.92. The molecule has 1 rings (SSSR count). The van der Waals surface area contributed by atoms with Gasteiger partial charge < -0.3 is 10.8 Å². The zero-order valence-corrected chi connectivity index (χ0v) is 7.80. The van der Waals surface area contributed by atoms with Gasteiger partial charge in [0.2, 0.25) is 10.0 Å². The van der Waals surface area contributed by atoms with Gasteiger partial charge >= 0.3 is 0 Å². The Labute approximate surface area is 76.2 Å². The Balaban J connectivity index is 3.04. The van der Waals surface area contributed by atoms with E-state index in [2.05, 4.69) is 4.72 Å². The summed E-state index contributed by atoms with van der Waals surface area (Å²) in [6.07, 6.45) is 1.00. The van der Waals surface area contributed by atoms with Gasteiger partial charge in [0, 0.05) is 11.8 Å². The lowest BCUT2D eigenvalue weighted by Crippen LogP contribution is -2.09. The Hall–Kier alpha value is -1.43. The first kappa shape index (κ1) is 9.66. The van der Waals surface area contributed by atoms with Crippen molar-refractivity contribution in [3.63, 3.8) is 0 Å². The van der Waals surface area contributed by atoms with Crippen molar-refractivity contribution in [2.75, 3.05) is 16.7 Å². The second kappa shape index (κ2) is 3.14. The van der Waals surface area contributed by atoms with Gasteiger partial charge in [-0.05, 0) is 12.1 Å². The number of benzene rings is 1. The number of sulfonamides is 1. The molecule has 0 bridgehead atoms. The van der Waals surface area contributed by atoms with Crippen LogP contribution in [0.15, 0.2) is 18.2 Å². The van der Waals surface area contributed by atoms with Crippen LogP contribution in [0.1, 0.15) is 0 Å². The smallest absolute Gasteiger partial charge is 0.229 e. The second-order valence-corrected chi connectivity index (χ2v) is 4.40.